The summed E-state index contributed by atoms with van der Waals surface area (Å²) in [7, 11) is 0. The van der Waals surface area contributed by atoms with E-state index in [1.54, 1.807) is 6.26 Å². The van der Waals surface area contributed by atoms with Gasteiger partial charge in [-0.25, -0.2) is 9.97 Å². The zero-order valence-corrected chi connectivity index (χ0v) is 18.5. The van der Waals surface area contributed by atoms with E-state index in [1.807, 2.05) is 55.1 Å². The standard InChI is InChI=1S/C24H27N5O3/c1-17-14-18(2)26-23(25-17)28-10-8-24(9-11-28)22(30)29(12-13-31-24)15-21-20(16-32-27-21)19-6-4-3-5-7-19/h3-7,14,16H,8-13,15H2,1-2H3. The van der Waals surface area contributed by atoms with Gasteiger partial charge in [0.25, 0.3) is 5.91 Å². The lowest BCUT2D eigenvalue weighted by molar-refractivity contribution is -0.176. The van der Waals surface area contributed by atoms with Crippen molar-refractivity contribution < 1.29 is 14.1 Å². The van der Waals surface area contributed by atoms with Gasteiger partial charge >= 0.3 is 0 Å². The van der Waals surface area contributed by atoms with Crippen LogP contribution in [0.15, 0.2) is 47.2 Å². The Kier molecular flexibility index (Phi) is 5.38. The lowest BCUT2D eigenvalue weighted by atomic mass is 9.88. The number of aromatic nitrogens is 3. The largest absolute Gasteiger partial charge is 0.364 e. The molecule has 3 aromatic rings. The summed E-state index contributed by atoms with van der Waals surface area (Å²) in [6.07, 6.45) is 2.87. The van der Waals surface area contributed by atoms with Crippen LogP contribution in [0, 0.1) is 13.8 Å². The quantitative estimate of drug-likeness (QED) is 0.625. The maximum Gasteiger partial charge on any atom is 0.255 e. The average Bonchev–Trinajstić information content (AvgIpc) is 3.26. The van der Waals surface area contributed by atoms with Crippen molar-refractivity contribution in [3.05, 3.63) is 59.7 Å². The summed E-state index contributed by atoms with van der Waals surface area (Å²) >= 11 is 0. The molecule has 8 heteroatoms. The Hall–Kier alpha value is -3.26. The van der Waals surface area contributed by atoms with Crippen molar-refractivity contribution in [3.8, 4) is 11.1 Å². The van der Waals surface area contributed by atoms with E-state index >= 15 is 0 Å². The van der Waals surface area contributed by atoms with Gasteiger partial charge in [0.15, 0.2) is 0 Å². The molecular formula is C24H27N5O3. The Morgan fingerprint density at radius 1 is 1.03 bits per heavy atom. The summed E-state index contributed by atoms with van der Waals surface area (Å²) in [6, 6.07) is 11.9. The van der Waals surface area contributed by atoms with Gasteiger partial charge in [-0.15, -0.1) is 0 Å². The highest BCUT2D eigenvalue weighted by Crippen LogP contribution is 2.34. The highest BCUT2D eigenvalue weighted by molar-refractivity contribution is 5.86. The zero-order valence-electron chi connectivity index (χ0n) is 18.5. The Labute approximate surface area is 187 Å². The molecular weight excluding hydrogens is 406 g/mol. The maximum atomic E-state index is 13.5. The molecule has 0 unspecified atom stereocenters. The predicted octanol–water partition coefficient (Wildman–Crippen LogP) is 3.15. The first-order valence-electron chi connectivity index (χ1n) is 11.0. The van der Waals surface area contributed by atoms with E-state index in [2.05, 4.69) is 20.0 Å². The minimum Gasteiger partial charge on any atom is -0.364 e. The molecule has 166 valence electrons. The molecule has 32 heavy (non-hydrogen) atoms. The first-order chi connectivity index (χ1) is 15.5. The number of morpholine rings is 1. The maximum absolute atomic E-state index is 13.5. The van der Waals surface area contributed by atoms with Gasteiger partial charge in [-0.05, 0) is 25.5 Å². The molecule has 8 nitrogen and oxygen atoms in total. The molecule has 0 saturated carbocycles. The second kappa shape index (κ2) is 8.35. The van der Waals surface area contributed by atoms with Crippen LogP contribution in [0.4, 0.5) is 5.95 Å². The van der Waals surface area contributed by atoms with E-state index in [9.17, 15) is 4.79 Å². The topological polar surface area (TPSA) is 84.6 Å². The number of carbonyl (C=O) groups excluding carboxylic acids is 1. The number of anilines is 1. The molecule has 2 aliphatic rings. The molecule has 0 radical (unpaired) electrons. The predicted molar refractivity (Wildman–Crippen MR) is 119 cm³/mol. The monoisotopic (exact) mass is 433 g/mol. The number of nitrogens with zero attached hydrogens (tertiary/aromatic N) is 5. The summed E-state index contributed by atoms with van der Waals surface area (Å²) in [6.45, 7) is 6.79. The van der Waals surface area contributed by atoms with Crippen molar-refractivity contribution in [3.63, 3.8) is 0 Å². The third-order valence-electron chi connectivity index (χ3n) is 6.31. The summed E-state index contributed by atoms with van der Waals surface area (Å²) < 4.78 is 11.4. The number of hydrogen-bond acceptors (Lipinski definition) is 7. The molecule has 4 heterocycles. The highest BCUT2D eigenvalue weighted by Gasteiger charge is 2.47. The van der Waals surface area contributed by atoms with Gasteiger partial charge in [0, 0.05) is 49.4 Å². The van der Waals surface area contributed by atoms with Crippen LogP contribution < -0.4 is 4.90 Å². The normalized spacial score (nSPS) is 18.4. The lowest BCUT2D eigenvalue weighted by Gasteiger charge is -2.45. The summed E-state index contributed by atoms with van der Waals surface area (Å²) in [4.78, 5) is 26.7. The van der Waals surface area contributed by atoms with Crippen LogP contribution in [0.1, 0.15) is 29.9 Å². The Morgan fingerprint density at radius 3 is 2.47 bits per heavy atom. The molecule has 1 aromatic carbocycles. The van der Waals surface area contributed by atoms with Gasteiger partial charge < -0.3 is 19.1 Å². The number of benzene rings is 1. The molecule has 2 fully saturated rings. The Morgan fingerprint density at radius 2 is 1.75 bits per heavy atom. The molecule has 0 N–H and O–H groups in total. The smallest absolute Gasteiger partial charge is 0.255 e. The number of hydrogen-bond donors (Lipinski definition) is 0. The van der Waals surface area contributed by atoms with Crippen LogP contribution in [0.25, 0.3) is 11.1 Å². The Balaban J connectivity index is 1.30. The summed E-state index contributed by atoms with van der Waals surface area (Å²) in [5.74, 6) is 0.763. The molecule has 5 rings (SSSR count). The summed E-state index contributed by atoms with van der Waals surface area (Å²) in [5.41, 5.74) is 3.82. The molecule has 2 aromatic heterocycles. The van der Waals surface area contributed by atoms with Crippen molar-refractivity contribution >= 4 is 11.9 Å². The van der Waals surface area contributed by atoms with E-state index in [-0.39, 0.29) is 5.91 Å². The van der Waals surface area contributed by atoms with E-state index < -0.39 is 5.60 Å². The zero-order chi connectivity index (χ0) is 22.1. The molecule has 2 saturated heterocycles. The lowest BCUT2D eigenvalue weighted by Crippen LogP contribution is -2.60. The van der Waals surface area contributed by atoms with Crippen LogP contribution in [-0.2, 0) is 16.1 Å². The van der Waals surface area contributed by atoms with Gasteiger partial charge in [0.2, 0.25) is 5.95 Å². The molecule has 0 aliphatic carbocycles. The van der Waals surface area contributed by atoms with Crippen LogP contribution in [-0.4, -0.2) is 57.8 Å². The average molecular weight is 434 g/mol. The van der Waals surface area contributed by atoms with Crippen molar-refractivity contribution in [2.24, 2.45) is 0 Å². The van der Waals surface area contributed by atoms with Crippen LogP contribution in [0.5, 0.6) is 0 Å². The molecule has 0 bridgehead atoms. The van der Waals surface area contributed by atoms with Gasteiger partial charge in [-0.1, -0.05) is 35.5 Å². The van der Waals surface area contributed by atoms with Crippen molar-refractivity contribution in [1.82, 2.24) is 20.0 Å². The second-order valence-corrected chi connectivity index (χ2v) is 8.55. The highest BCUT2D eigenvalue weighted by atomic mass is 16.5. The molecule has 1 amide bonds. The van der Waals surface area contributed by atoms with E-state index in [1.165, 1.54) is 0 Å². The molecule has 1 spiro atoms. The fraction of sp³-hybridized carbons (Fsp3) is 0.417. The number of rotatable bonds is 4. The fourth-order valence-electron chi connectivity index (χ4n) is 4.64. The first-order valence-corrected chi connectivity index (χ1v) is 11.0. The first kappa shape index (κ1) is 20.6. The minimum atomic E-state index is -0.787. The fourth-order valence-corrected chi connectivity index (χ4v) is 4.64. The minimum absolute atomic E-state index is 0.0340. The van der Waals surface area contributed by atoms with Crippen molar-refractivity contribution in [2.75, 3.05) is 31.1 Å². The van der Waals surface area contributed by atoms with Gasteiger partial charge in [0.05, 0.1) is 13.2 Å². The SMILES string of the molecule is Cc1cc(C)nc(N2CCC3(CC2)OCCN(Cc2nocc2-c2ccccc2)C3=O)n1. The molecule has 0 atom stereocenters. The number of amides is 1. The number of aryl methyl sites for hydroxylation is 2. The second-order valence-electron chi connectivity index (χ2n) is 8.55. The van der Waals surface area contributed by atoms with Crippen LogP contribution in [0.3, 0.4) is 0 Å². The van der Waals surface area contributed by atoms with Crippen molar-refractivity contribution in [2.45, 2.75) is 38.8 Å². The van der Waals surface area contributed by atoms with E-state index in [0.29, 0.717) is 45.6 Å². The van der Waals surface area contributed by atoms with E-state index in [0.717, 1.165) is 34.2 Å². The van der Waals surface area contributed by atoms with Gasteiger partial charge in [0.1, 0.15) is 17.6 Å². The van der Waals surface area contributed by atoms with Crippen molar-refractivity contribution in [1.29, 1.82) is 0 Å². The van der Waals surface area contributed by atoms with Gasteiger partial charge in [-0.2, -0.15) is 0 Å². The number of ether oxygens (including phenoxy) is 1. The third-order valence-corrected chi connectivity index (χ3v) is 6.31. The van der Waals surface area contributed by atoms with Crippen LogP contribution in [0.2, 0.25) is 0 Å². The van der Waals surface area contributed by atoms with E-state index in [4.69, 9.17) is 9.26 Å². The summed E-state index contributed by atoms with van der Waals surface area (Å²) in [5, 5.41) is 4.19. The van der Waals surface area contributed by atoms with Crippen LogP contribution >= 0.6 is 0 Å². The third kappa shape index (κ3) is 3.86. The van der Waals surface area contributed by atoms with Gasteiger partial charge in [-0.3, -0.25) is 4.79 Å². The Bertz CT molecular complexity index is 1090. The number of carbonyl (C=O) groups is 1. The molecule has 2 aliphatic heterocycles. The number of piperidine rings is 1.